The van der Waals surface area contributed by atoms with Crippen LogP contribution in [0.2, 0.25) is 0 Å². The summed E-state index contributed by atoms with van der Waals surface area (Å²) in [5, 5.41) is 30.4. The lowest BCUT2D eigenvalue weighted by atomic mass is 9.99. The molecular formula is C24H30O8. The van der Waals surface area contributed by atoms with E-state index in [1.165, 1.54) is 26.4 Å². The van der Waals surface area contributed by atoms with Crippen LogP contribution >= 0.6 is 0 Å². The quantitative estimate of drug-likeness (QED) is 0.376. The molecule has 0 radical (unpaired) electrons. The van der Waals surface area contributed by atoms with Gasteiger partial charge in [-0.05, 0) is 42.5 Å². The van der Waals surface area contributed by atoms with Crippen molar-refractivity contribution >= 4 is 11.9 Å². The van der Waals surface area contributed by atoms with E-state index in [0.717, 1.165) is 19.3 Å². The molecule has 3 N–H and O–H groups in total. The minimum atomic E-state index is -1.31. The molecule has 0 aromatic heterocycles. The highest BCUT2D eigenvalue weighted by Gasteiger charge is 2.27. The normalized spacial score (nSPS) is 10.6. The Kier molecular flexibility index (Phi) is 8.75. The number of aromatic carboxylic acids is 2. The van der Waals surface area contributed by atoms with Gasteiger partial charge in [0, 0.05) is 6.07 Å². The lowest BCUT2D eigenvalue weighted by Gasteiger charge is -2.19. The molecular weight excluding hydrogens is 416 g/mol. The van der Waals surface area contributed by atoms with Crippen LogP contribution in [0.5, 0.6) is 28.7 Å². The predicted octanol–water partition coefficient (Wildman–Crippen LogP) is 5.28. The van der Waals surface area contributed by atoms with Gasteiger partial charge in [0.1, 0.15) is 22.6 Å². The number of carboxylic acid groups (broad SMARTS) is 2. The zero-order valence-corrected chi connectivity index (χ0v) is 18.9. The number of unbranched alkanes of at least 4 members (excludes halogenated alkanes) is 2. The molecule has 0 bridgehead atoms. The number of carbonyl (C=O) groups is 2. The second-order valence-electron chi connectivity index (χ2n) is 7.37. The Morgan fingerprint density at radius 1 is 0.812 bits per heavy atom. The summed E-state index contributed by atoms with van der Waals surface area (Å²) in [7, 11) is 2.81. The van der Waals surface area contributed by atoms with E-state index in [4.69, 9.17) is 14.2 Å². The van der Waals surface area contributed by atoms with Gasteiger partial charge in [-0.15, -0.1) is 0 Å². The van der Waals surface area contributed by atoms with Gasteiger partial charge in [-0.1, -0.05) is 33.1 Å². The van der Waals surface area contributed by atoms with Crippen molar-refractivity contribution in [1.29, 1.82) is 0 Å². The summed E-state index contributed by atoms with van der Waals surface area (Å²) in [4.78, 5) is 23.9. The van der Waals surface area contributed by atoms with Gasteiger partial charge in [-0.25, -0.2) is 9.59 Å². The third-order valence-electron chi connectivity index (χ3n) is 5.12. The third-order valence-corrected chi connectivity index (χ3v) is 5.12. The van der Waals surface area contributed by atoms with Crippen molar-refractivity contribution < 1.29 is 39.1 Å². The van der Waals surface area contributed by atoms with Crippen LogP contribution in [-0.4, -0.2) is 41.5 Å². The minimum Gasteiger partial charge on any atom is -0.504 e. The molecule has 8 nitrogen and oxygen atoms in total. The monoisotopic (exact) mass is 446 g/mol. The van der Waals surface area contributed by atoms with E-state index in [-0.39, 0.29) is 28.4 Å². The molecule has 8 heteroatoms. The number of hydrogen-bond donors (Lipinski definition) is 3. The average Bonchev–Trinajstić information content (AvgIpc) is 2.74. The van der Waals surface area contributed by atoms with Crippen molar-refractivity contribution in [1.82, 2.24) is 0 Å². The summed E-state index contributed by atoms with van der Waals surface area (Å²) in [6, 6.07) is 4.52. The Balaban J connectivity index is 2.68. The van der Waals surface area contributed by atoms with Gasteiger partial charge in [0.25, 0.3) is 0 Å². The molecule has 0 aliphatic rings. The molecule has 0 aliphatic carbocycles. The van der Waals surface area contributed by atoms with Gasteiger partial charge < -0.3 is 29.5 Å². The average molecular weight is 446 g/mol. The largest absolute Gasteiger partial charge is 0.504 e. The van der Waals surface area contributed by atoms with Crippen LogP contribution in [-0.2, 0) is 12.8 Å². The Morgan fingerprint density at radius 3 is 2.00 bits per heavy atom. The van der Waals surface area contributed by atoms with Crippen LogP contribution in [0.25, 0.3) is 0 Å². The van der Waals surface area contributed by atoms with E-state index >= 15 is 0 Å². The first-order valence-electron chi connectivity index (χ1n) is 10.6. The number of benzene rings is 2. The van der Waals surface area contributed by atoms with Gasteiger partial charge >= 0.3 is 11.9 Å². The Morgan fingerprint density at radius 2 is 1.47 bits per heavy atom. The van der Waals surface area contributed by atoms with Crippen LogP contribution in [0.15, 0.2) is 18.2 Å². The first-order chi connectivity index (χ1) is 15.3. The fourth-order valence-corrected chi connectivity index (χ4v) is 3.59. The molecule has 0 fully saturated rings. The molecule has 0 aliphatic heterocycles. The summed E-state index contributed by atoms with van der Waals surface area (Å²) in [5.41, 5.74) is 0.550. The first-order valence-corrected chi connectivity index (χ1v) is 10.6. The number of aryl methyl sites for hydroxylation is 2. The molecule has 0 heterocycles. The topological polar surface area (TPSA) is 123 Å². The Bertz CT molecular complexity index is 981. The van der Waals surface area contributed by atoms with E-state index < -0.39 is 17.7 Å². The maximum absolute atomic E-state index is 12.0. The smallest absolute Gasteiger partial charge is 0.339 e. The van der Waals surface area contributed by atoms with Gasteiger partial charge in [0.05, 0.1) is 14.2 Å². The number of aromatic hydroxyl groups is 1. The summed E-state index contributed by atoms with van der Waals surface area (Å²) < 4.78 is 16.5. The fraction of sp³-hybridized carbons (Fsp3) is 0.417. The SMILES string of the molecule is CCCCCc1cc(OC)c(Oc2cc(OC)cc(CCC)c2C(=O)O)c(O)c1C(=O)O. The summed E-state index contributed by atoms with van der Waals surface area (Å²) >= 11 is 0. The Labute approximate surface area is 187 Å². The van der Waals surface area contributed by atoms with Crippen molar-refractivity contribution in [3.05, 3.63) is 40.5 Å². The molecule has 0 spiro atoms. The van der Waals surface area contributed by atoms with E-state index in [0.29, 0.717) is 36.1 Å². The van der Waals surface area contributed by atoms with Gasteiger partial charge in [-0.2, -0.15) is 0 Å². The third kappa shape index (κ3) is 5.43. The molecule has 2 aromatic rings. The summed E-state index contributed by atoms with van der Waals surface area (Å²) in [6.07, 6.45) is 4.22. The standard InChI is InChI=1S/C24H30O8/c1-5-7-8-10-15-12-18(31-4)22(21(25)20(15)24(28)29)32-17-13-16(30-3)11-14(9-6-2)19(17)23(26)27/h11-13,25H,5-10H2,1-4H3,(H,26,27)(H,28,29). The highest BCUT2D eigenvalue weighted by molar-refractivity contribution is 5.95. The predicted molar refractivity (Wildman–Crippen MR) is 119 cm³/mol. The molecule has 0 saturated heterocycles. The second kappa shape index (κ2) is 11.3. The minimum absolute atomic E-state index is 0.0797. The van der Waals surface area contributed by atoms with Crippen LogP contribution in [0.1, 0.15) is 71.4 Å². The first kappa shape index (κ1) is 24.8. The van der Waals surface area contributed by atoms with Crippen LogP contribution in [0.3, 0.4) is 0 Å². The summed E-state index contributed by atoms with van der Waals surface area (Å²) in [6.45, 7) is 3.95. The molecule has 174 valence electrons. The van der Waals surface area contributed by atoms with E-state index in [2.05, 4.69) is 0 Å². The van der Waals surface area contributed by atoms with Gasteiger partial charge in [-0.3, -0.25) is 0 Å². The van der Waals surface area contributed by atoms with Crippen LogP contribution in [0, 0.1) is 0 Å². The lowest BCUT2D eigenvalue weighted by molar-refractivity contribution is 0.0678. The molecule has 0 amide bonds. The van der Waals surface area contributed by atoms with E-state index in [9.17, 15) is 24.9 Å². The number of hydrogen-bond acceptors (Lipinski definition) is 6. The number of methoxy groups -OCH3 is 2. The highest BCUT2D eigenvalue weighted by atomic mass is 16.5. The van der Waals surface area contributed by atoms with Gasteiger partial charge in [0.2, 0.25) is 5.75 Å². The molecule has 2 aromatic carbocycles. The molecule has 0 atom stereocenters. The lowest BCUT2D eigenvalue weighted by Crippen LogP contribution is -2.08. The van der Waals surface area contributed by atoms with Crippen molar-refractivity contribution in [2.75, 3.05) is 14.2 Å². The zero-order chi connectivity index (χ0) is 23.8. The number of rotatable bonds is 12. The second-order valence-corrected chi connectivity index (χ2v) is 7.37. The molecule has 32 heavy (non-hydrogen) atoms. The molecule has 2 rings (SSSR count). The van der Waals surface area contributed by atoms with E-state index in [1.54, 1.807) is 6.07 Å². The van der Waals surface area contributed by atoms with Crippen LogP contribution < -0.4 is 14.2 Å². The van der Waals surface area contributed by atoms with Crippen molar-refractivity contribution in [2.45, 2.75) is 52.4 Å². The molecule has 0 unspecified atom stereocenters. The number of phenols is 1. The zero-order valence-electron chi connectivity index (χ0n) is 18.9. The maximum atomic E-state index is 12.0. The van der Waals surface area contributed by atoms with Gasteiger partial charge in [0.15, 0.2) is 11.5 Å². The summed E-state index contributed by atoms with van der Waals surface area (Å²) in [5.74, 6) is -2.99. The van der Waals surface area contributed by atoms with Crippen LogP contribution in [0.4, 0.5) is 0 Å². The van der Waals surface area contributed by atoms with E-state index in [1.807, 2.05) is 13.8 Å². The molecule has 0 saturated carbocycles. The number of ether oxygens (including phenoxy) is 3. The van der Waals surface area contributed by atoms with Crippen molar-refractivity contribution in [3.63, 3.8) is 0 Å². The number of carboxylic acids is 2. The highest BCUT2D eigenvalue weighted by Crippen LogP contribution is 2.46. The Hall–Kier alpha value is -3.42. The fourth-order valence-electron chi connectivity index (χ4n) is 3.59. The maximum Gasteiger partial charge on any atom is 0.339 e. The van der Waals surface area contributed by atoms with Crippen molar-refractivity contribution in [3.8, 4) is 28.7 Å². The van der Waals surface area contributed by atoms with Crippen molar-refractivity contribution in [2.24, 2.45) is 0 Å².